The van der Waals surface area contributed by atoms with Crippen LogP contribution in [-0.4, -0.2) is 25.8 Å². The smallest absolute Gasteiger partial charge is 0.276 e. The van der Waals surface area contributed by atoms with Gasteiger partial charge >= 0.3 is 0 Å². The van der Waals surface area contributed by atoms with Crippen LogP contribution in [0.25, 0.3) is 0 Å². The second-order valence-electron chi connectivity index (χ2n) is 3.54. The minimum absolute atomic E-state index is 0. The van der Waals surface area contributed by atoms with Gasteiger partial charge in [0.05, 0.1) is 6.54 Å². The number of rotatable bonds is 3. The monoisotopic (exact) mass is 266 g/mol. The molecule has 0 saturated carbocycles. The van der Waals surface area contributed by atoms with E-state index in [4.69, 9.17) is 10.2 Å². The van der Waals surface area contributed by atoms with Crippen LogP contribution >= 0.6 is 12.4 Å². The van der Waals surface area contributed by atoms with E-state index < -0.39 is 10.0 Å². The lowest BCUT2D eigenvalue weighted by molar-refractivity contribution is 0.390. The molecule has 0 aromatic carbocycles. The molecule has 0 aliphatic carbocycles. The van der Waals surface area contributed by atoms with E-state index in [9.17, 15) is 8.42 Å². The first-order valence-corrected chi connectivity index (χ1v) is 6.37. The standard InChI is InChI=1S/C9H14N2O3S.ClH/c10-7-8-3-4-9(14-8)15(12,13)11-5-1-2-6-11;/h3-4H,1-2,5-7,10H2;1H. The van der Waals surface area contributed by atoms with Gasteiger partial charge < -0.3 is 10.2 Å². The zero-order valence-corrected chi connectivity index (χ0v) is 10.4. The van der Waals surface area contributed by atoms with Crippen molar-refractivity contribution in [2.24, 2.45) is 5.73 Å². The highest BCUT2D eigenvalue weighted by Crippen LogP contribution is 2.22. The van der Waals surface area contributed by atoms with E-state index in [1.807, 2.05) is 0 Å². The van der Waals surface area contributed by atoms with Gasteiger partial charge in [-0.15, -0.1) is 12.4 Å². The molecule has 2 heterocycles. The fourth-order valence-corrected chi connectivity index (χ4v) is 3.11. The van der Waals surface area contributed by atoms with E-state index >= 15 is 0 Å². The SMILES string of the molecule is Cl.NCc1ccc(S(=O)(=O)N2CCCC2)o1. The lowest BCUT2D eigenvalue weighted by Gasteiger charge is -2.12. The van der Waals surface area contributed by atoms with Crippen LogP contribution < -0.4 is 5.73 Å². The van der Waals surface area contributed by atoms with Crippen molar-refractivity contribution in [3.8, 4) is 0 Å². The lowest BCUT2D eigenvalue weighted by Crippen LogP contribution is -2.27. The highest BCUT2D eigenvalue weighted by molar-refractivity contribution is 7.89. The summed E-state index contributed by atoms with van der Waals surface area (Å²) in [5, 5.41) is 0.00449. The number of halogens is 1. The lowest BCUT2D eigenvalue weighted by atomic mass is 10.4. The van der Waals surface area contributed by atoms with Crippen LogP contribution in [0.3, 0.4) is 0 Å². The van der Waals surface area contributed by atoms with E-state index in [0.717, 1.165) is 12.8 Å². The fraction of sp³-hybridized carbons (Fsp3) is 0.556. The summed E-state index contributed by atoms with van der Waals surface area (Å²) in [5.74, 6) is 0.493. The Kier molecular flexibility index (Phi) is 4.37. The molecule has 1 aliphatic heterocycles. The topological polar surface area (TPSA) is 76.5 Å². The largest absolute Gasteiger partial charge is 0.447 e. The van der Waals surface area contributed by atoms with Crippen molar-refractivity contribution in [3.63, 3.8) is 0 Å². The minimum atomic E-state index is -3.42. The quantitative estimate of drug-likeness (QED) is 0.884. The highest BCUT2D eigenvalue weighted by atomic mass is 35.5. The Bertz CT molecular complexity index is 437. The number of hydrogen-bond donors (Lipinski definition) is 1. The highest BCUT2D eigenvalue weighted by Gasteiger charge is 2.29. The third kappa shape index (κ3) is 2.40. The summed E-state index contributed by atoms with van der Waals surface area (Å²) in [4.78, 5) is 0. The van der Waals surface area contributed by atoms with Crippen molar-refractivity contribution in [1.82, 2.24) is 4.31 Å². The molecular weight excluding hydrogens is 252 g/mol. The number of furan rings is 1. The van der Waals surface area contributed by atoms with E-state index in [0.29, 0.717) is 18.8 Å². The molecule has 0 bridgehead atoms. The summed E-state index contributed by atoms with van der Waals surface area (Å²) < 4.78 is 30.5. The van der Waals surface area contributed by atoms with Gasteiger partial charge in [-0.1, -0.05) is 0 Å². The predicted molar refractivity (Wildman–Crippen MR) is 61.8 cm³/mol. The van der Waals surface area contributed by atoms with Crippen molar-refractivity contribution in [2.75, 3.05) is 13.1 Å². The first-order chi connectivity index (χ1) is 7.14. The number of sulfonamides is 1. The zero-order valence-electron chi connectivity index (χ0n) is 8.76. The Balaban J connectivity index is 0.00000128. The molecule has 0 atom stereocenters. The minimum Gasteiger partial charge on any atom is -0.447 e. The Labute approximate surface area is 101 Å². The molecule has 2 N–H and O–H groups in total. The molecule has 0 unspecified atom stereocenters. The number of hydrogen-bond acceptors (Lipinski definition) is 4. The Morgan fingerprint density at radius 2 is 1.94 bits per heavy atom. The van der Waals surface area contributed by atoms with Crippen molar-refractivity contribution in [1.29, 1.82) is 0 Å². The van der Waals surface area contributed by atoms with E-state index in [1.54, 1.807) is 6.07 Å². The van der Waals surface area contributed by atoms with Crippen LogP contribution in [0.1, 0.15) is 18.6 Å². The summed E-state index contributed by atoms with van der Waals surface area (Å²) in [6.07, 6.45) is 1.84. The normalized spacial score (nSPS) is 17.3. The van der Waals surface area contributed by atoms with Gasteiger partial charge in [-0.05, 0) is 25.0 Å². The zero-order chi connectivity index (χ0) is 10.9. The average Bonchev–Trinajstić information content (AvgIpc) is 2.89. The Morgan fingerprint density at radius 3 is 2.44 bits per heavy atom. The van der Waals surface area contributed by atoms with Gasteiger partial charge in [-0.3, -0.25) is 0 Å². The molecule has 1 aromatic heterocycles. The molecule has 0 spiro atoms. The van der Waals surface area contributed by atoms with Gasteiger partial charge in [-0.2, -0.15) is 4.31 Å². The van der Waals surface area contributed by atoms with Crippen LogP contribution in [-0.2, 0) is 16.6 Å². The summed E-state index contributed by atoms with van der Waals surface area (Å²) >= 11 is 0. The number of nitrogens with two attached hydrogens (primary N) is 1. The molecule has 16 heavy (non-hydrogen) atoms. The Hall–Kier alpha value is -0.560. The summed E-state index contributed by atoms with van der Waals surface area (Å²) in [6, 6.07) is 3.07. The van der Waals surface area contributed by atoms with Crippen LogP contribution in [0, 0.1) is 0 Å². The van der Waals surface area contributed by atoms with Crippen LogP contribution in [0.5, 0.6) is 0 Å². The third-order valence-corrected chi connectivity index (χ3v) is 4.27. The molecule has 1 saturated heterocycles. The molecule has 2 rings (SSSR count). The van der Waals surface area contributed by atoms with E-state index in [-0.39, 0.29) is 24.0 Å². The maximum Gasteiger partial charge on any atom is 0.276 e. The van der Waals surface area contributed by atoms with Crippen LogP contribution in [0.4, 0.5) is 0 Å². The number of nitrogens with zero attached hydrogens (tertiary/aromatic N) is 1. The van der Waals surface area contributed by atoms with Gasteiger partial charge in [0.15, 0.2) is 0 Å². The predicted octanol–water partition coefficient (Wildman–Crippen LogP) is 0.945. The van der Waals surface area contributed by atoms with Crippen LogP contribution in [0.2, 0.25) is 0 Å². The van der Waals surface area contributed by atoms with E-state index in [2.05, 4.69) is 0 Å². The molecule has 0 amide bonds. The van der Waals surface area contributed by atoms with Gasteiger partial charge in [0, 0.05) is 13.1 Å². The molecular formula is C9H15ClN2O3S. The maximum atomic E-state index is 12.0. The van der Waals surface area contributed by atoms with Crippen LogP contribution in [0.15, 0.2) is 21.6 Å². The van der Waals surface area contributed by atoms with Crippen molar-refractivity contribution < 1.29 is 12.8 Å². The molecule has 1 aliphatic rings. The van der Waals surface area contributed by atoms with Crippen molar-refractivity contribution in [2.45, 2.75) is 24.5 Å². The van der Waals surface area contributed by atoms with Gasteiger partial charge in [0.2, 0.25) is 5.09 Å². The second kappa shape index (κ2) is 5.18. The Morgan fingerprint density at radius 1 is 1.31 bits per heavy atom. The second-order valence-corrected chi connectivity index (χ2v) is 5.40. The summed E-state index contributed by atoms with van der Waals surface area (Å²) in [5.41, 5.74) is 5.36. The van der Waals surface area contributed by atoms with Gasteiger partial charge in [-0.25, -0.2) is 8.42 Å². The van der Waals surface area contributed by atoms with E-state index in [1.165, 1.54) is 10.4 Å². The molecule has 0 radical (unpaired) electrons. The first kappa shape index (κ1) is 13.5. The molecule has 1 fully saturated rings. The molecule has 1 aromatic rings. The first-order valence-electron chi connectivity index (χ1n) is 4.93. The van der Waals surface area contributed by atoms with Gasteiger partial charge in [0.1, 0.15) is 5.76 Å². The molecule has 5 nitrogen and oxygen atoms in total. The molecule has 92 valence electrons. The summed E-state index contributed by atoms with van der Waals surface area (Å²) in [7, 11) is -3.42. The fourth-order valence-electron chi connectivity index (χ4n) is 1.66. The summed E-state index contributed by atoms with van der Waals surface area (Å²) in [6.45, 7) is 1.39. The van der Waals surface area contributed by atoms with Gasteiger partial charge in [0.25, 0.3) is 10.0 Å². The third-order valence-electron chi connectivity index (χ3n) is 2.50. The molecule has 7 heteroatoms. The van der Waals surface area contributed by atoms with Crippen molar-refractivity contribution >= 4 is 22.4 Å². The van der Waals surface area contributed by atoms with Crippen molar-refractivity contribution in [3.05, 3.63) is 17.9 Å². The maximum absolute atomic E-state index is 12.0. The average molecular weight is 267 g/mol.